The number of carbonyl (C=O) groups is 3. The lowest BCUT2D eigenvalue weighted by atomic mass is 10.1. The topological polar surface area (TPSA) is 173 Å². The van der Waals surface area contributed by atoms with Crippen molar-refractivity contribution in [1.29, 1.82) is 0 Å². The van der Waals surface area contributed by atoms with Crippen LogP contribution in [0.3, 0.4) is 0 Å². The molecule has 29 heavy (non-hydrogen) atoms. The second-order valence-corrected chi connectivity index (χ2v) is 6.17. The lowest BCUT2D eigenvalue weighted by Gasteiger charge is -2.10. The Morgan fingerprint density at radius 2 is 1.97 bits per heavy atom. The van der Waals surface area contributed by atoms with Crippen molar-refractivity contribution >= 4 is 35.2 Å². The van der Waals surface area contributed by atoms with Crippen molar-refractivity contribution in [2.45, 2.75) is 19.8 Å². The van der Waals surface area contributed by atoms with Gasteiger partial charge in [-0.15, -0.1) is 0 Å². The molecule has 0 aliphatic carbocycles. The Bertz CT molecular complexity index is 953. The Kier molecular flexibility index (Phi) is 7.24. The van der Waals surface area contributed by atoms with E-state index in [1.807, 2.05) is 0 Å². The van der Waals surface area contributed by atoms with Crippen molar-refractivity contribution in [3.8, 4) is 0 Å². The summed E-state index contributed by atoms with van der Waals surface area (Å²) in [5, 5.41) is 13.9. The average molecular weight is 398 g/mol. The van der Waals surface area contributed by atoms with Crippen LogP contribution < -0.4 is 22.1 Å². The summed E-state index contributed by atoms with van der Waals surface area (Å²) in [7, 11) is 0. The van der Waals surface area contributed by atoms with Gasteiger partial charge in [0.15, 0.2) is 5.96 Å². The number of rotatable bonds is 8. The van der Waals surface area contributed by atoms with Gasteiger partial charge < -0.3 is 27.2 Å². The lowest BCUT2D eigenvalue weighted by Crippen LogP contribution is -2.33. The number of nitrogens with two attached hydrogens (primary N) is 2. The van der Waals surface area contributed by atoms with E-state index in [-0.39, 0.29) is 31.2 Å². The molecule has 152 valence electrons. The molecule has 0 saturated heterocycles. The number of aliphatic carboxylic acids is 1. The van der Waals surface area contributed by atoms with Crippen molar-refractivity contribution < 1.29 is 19.5 Å². The molecule has 0 unspecified atom stereocenters. The van der Waals surface area contributed by atoms with Crippen molar-refractivity contribution in [1.82, 2.24) is 10.3 Å². The van der Waals surface area contributed by atoms with E-state index in [1.54, 1.807) is 31.2 Å². The van der Waals surface area contributed by atoms with Crippen LogP contribution >= 0.6 is 0 Å². The molecule has 2 aromatic rings. The number of carboxylic acid groups (broad SMARTS) is 1. The molecule has 10 heteroatoms. The largest absolute Gasteiger partial charge is 0.481 e. The zero-order chi connectivity index (χ0) is 21.4. The Morgan fingerprint density at radius 1 is 1.21 bits per heavy atom. The van der Waals surface area contributed by atoms with Crippen LogP contribution in [0, 0.1) is 6.92 Å². The zero-order valence-electron chi connectivity index (χ0n) is 15.8. The van der Waals surface area contributed by atoms with Gasteiger partial charge in [0.25, 0.3) is 5.91 Å². The first-order valence-corrected chi connectivity index (χ1v) is 8.70. The maximum atomic E-state index is 12.3. The summed E-state index contributed by atoms with van der Waals surface area (Å²) in [6, 6.07) is 8.14. The molecule has 1 aromatic heterocycles. The molecule has 1 aromatic carbocycles. The standard InChI is InChI=1S/C19H22N6O4/c1-11-4-5-13(9-14(11)24-19(20)21)18(29)23-10-15(26)25-17-12(3-2-8-22-17)6-7-16(27)28/h2-5,8-9H,6-7,10H2,1H3,(H,23,29)(H,27,28)(H4,20,21,24)(H,22,25,26). The lowest BCUT2D eigenvalue weighted by molar-refractivity contribution is -0.137. The third-order valence-electron chi connectivity index (χ3n) is 3.89. The molecule has 0 aliphatic heterocycles. The number of amides is 2. The monoisotopic (exact) mass is 398 g/mol. The number of pyridine rings is 1. The van der Waals surface area contributed by atoms with Gasteiger partial charge in [-0.1, -0.05) is 12.1 Å². The van der Waals surface area contributed by atoms with Gasteiger partial charge in [-0.3, -0.25) is 14.4 Å². The Morgan fingerprint density at radius 3 is 2.66 bits per heavy atom. The van der Waals surface area contributed by atoms with Gasteiger partial charge in [-0.2, -0.15) is 0 Å². The van der Waals surface area contributed by atoms with E-state index in [4.69, 9.17) is 16.6 Å². The van der Waals surface area contributed by atoms with Gasteiger partial charge in [0.1, 0.15) is 5.82 Å². The smallest absolute Gasteiger partial charge is 0.303 e. The van der Waals surface area contributed by atoms with E-state index in [1.165, 1.54) is 12.3 Å². The fourth-order valence-electron chi connectivity index (χ4n) is 2.44. The molecule has 0 fully saturated rings. The summed E-state index contributed by atoms with van der Waals surface area (Å²) in [6.07, 6.45) is 1.62. The first-order chi connectivity index (χ1) is 13.8. The maximum absolute atomic E-state index is 12.3. The third kappa shape index (κ3) is 6.61. The van der Waals surface area contributed by atoms with E-state index in [0.717, 1.165) is 5.56 Å². The molecule has 1 heterocycles. The van der Waals surface area contributed by atoms with Gasteiger partial charge in [0.05, 0.1) is 12.2 Å². The number of guanidine groups is 1. The van der Waals surface area contributed by atoms with Crippen LogP contribution in [-0.4, -0.2) is 40.4 Å². The summed E-state index contributed by atoms with van der Waals surface area (Å²) in [4.78, 5) is 43.2. The highest BCUT2D eigenvalue weighted by molar-refractivity contribution is 6.00. The molecular weight excluding hydrogens is 376 g/mol. The number of anilines is 1. The van der Waals surface area contributed by atoms with Crippen LogP contribution in [0.15, 0.2) is 41.5 Å². The number of nitrogens with one attached hydrogen (secondary N) is 2. The predicted octanol–water partition coefficient (Wildman–Crippen LogP) is 0.681. The minimum Gasteiger partial charge on any atom is -0.481 e. The van der Waals surface area contributed by atoms with Crippen molar-refractivity contribution in [2.75, 3.05) is 11.9 Å². The van der Waals surface area contributed by atoms with Crippen LogP contribution in [-0.2, 0) is 16.0 Å². The number of benzene rings is 1. The molecule has 0 atom stereocenters. The second kappa shape index (κ2) is 9.83. The number of carboxylic acids is 1. The Hall–Kier alpha value is -3.95. The molecule has 2 rings (SSSR count). The molecule has 2 amide bonds. The van der Waals surface area contributed by atoms with Crippen molar-refractivity contribution in [3.05, 3.63) is 53.2 Å². The highest BCUT2D eigenvalue weighted by atomic mass is 16.4. The summed E-state index contributed by atoms with van der Waals surface area (Å²) >= 11 is 0. The summed E-state index contributed by atoms with van der Waals surface area (Å²) in [5.74, 6) is -1.78. The summed E-state index contributed by atoms with van der Waals surface area (Å²) in [6.45, 7) is 1.50. The van der Waals surface area contributed by atoms with Crippen molar-refractivity contribution in [3.63, 3.8) is 0 Å². The Balaban J connectivity index is 1.99. The average Bonchev–Trinajstić information content (AvgIpc) is 2.66. The van der Waals surface area contributed by atoms with Gasteiger partial charge in [0, 0.05) is 18.2 Å². The number of aromatic nitrogens is 1. The molecule has 0 aliphatic rings. The van der Waals surface area contributed by atoms with E-state index in [0.29, 0.717) is 16.8 Å². The first kappa shape index (κ1) is 21.4. The maximum Gasteiger partial charge on any atom is 0.303 e. The Labute approximate surface area is 167 Å². The molecule has 10 nitrogen and oxygen atoms in total. The summed E-state index contributed by atoms with van der Waals surface area (Å²) < 4.78 is 0. The molecule has 0 radical (unpaired) electrons. The number of aliphatic imine (C=N–C) groups is 1. The van der Waals surface area contributed by atoms with E-state index in [2.05, 4.69) is 20.6 Å². The number of hydrogen-bond donors (Lipinski definition) is 5. The predicted molar refractivity (Wildman–Crippen MR) is 108 cm³/mol. The number of hydrogen-bond acceptors (Lipinski definition) is 5. The fraction of sp³-hybridized carbons (Fsp3) is 0.211. The second-order valence-electron chi connectivity index (χ2n) is 6.17. The SMILES string of the molecule is Cc1ccc(C(=O)NCC(=O)Nc2ncccc2CCC(=O)O)cc1N=C(N)N. The highest BCUT2D eigenvalue weighted by Crippen LogP contribution is 2.20. The number of aryl methyl sites for hydroxylation is 2. The molecule has 0 spiro atoms. The van der Waals surface area contributed by atoms with Gasteiger partial charge >= 0.3 is 5.97 Å². The van der Waals surface area contributed by atoms with E-state index >= 15 is 0 Å². The molecular formula is C19H22N6O4. The fourth-order valence-corrected chi connectivity index (χ4v) is 2.44. The van der Waals surface area contributed by atoms with Crippen molar-refractivity contribution in [2.24, 2.45) is 16.5 Å². The van der Waals surface area contributed by atoms with Gasteiger partial charge in [-0.05, 0) is 42.7 Å². The van der Waals surface area contributed by atoms with Crippen LogP contribution in [0.1, 0.15) is 27.9 Å². The minimum atomic E-state index is -0.948. The van der Waals surface area contributed by atoms with Gasteiger partial charge in [0.2, 0.25) is 5.91 Å². The van der Waals surface area contributed by atoms with E-state index < -0.39 is 17.8 Å². The number of carbonyl (C=O) groups excluding carboxylic acids is 2. The quantitative estimate of drug-likeness (QED) is 0.321. The highest BCUT2D eigenvalue weighted by Gasteiger charge is 2.12. The van der Waals surface area contributed by atoms with Gasteiger partial charge in [-0.25, -0.2) is 9.98 Å². The zero-order valence-corrected chi connectivity index (χ0v) is 15.8. The van der Waals surface area contributed by atoms with Crippen LogP contribution in [0.25, 0.3) is 0 Å². The van der Waals surface area contributed by atoms with Crippen LogP contribution in [0.4, 0.5) is 11.5 Å². The summed E-state index contributed by atoms with van der Waals surface area (Å²) in [5.41, 5.74) is 12.9. The van der Waals surface area contributed by atoms with Crippen LogP contribution in [0.5, 0.6) is 0 Å². The first-order valence-electron chi connectivity index (χ1n) is 8.70. The molecule has 0 bridgehead atoms. The third-order valence-corrected chi connectivity index (χ3v) is 3.89. The minimum absolute atomic E-state index is 0.0865. The normalized spacial score (nSPS) is 10.1. The number of nitrogens with zero attached hydrogens (tertiary/aromatic N) is 2. The van der Waals surface area contributed by atoms with Crippen LogP contribution in [0.2, 0.25) is 0 Å². The molecule has 7 N–H and O–H groups in total. The van der Waals surface area contributed by atoms with E-state index in [9.17, 15) is 14.4 Å². The molecule has 0 saturated carbocycles.